The van der Waals surface area contributed by atoms with E-state index in [2.05, 4.69) is 20.2 Å². The number of carbonyl (C=O) groups is 1. The lowest BCUT2D eigenvalue weighted by molar-refractivity contribution is 0.0952. The Morgan fingerprint density at radius 3 is 3.00 bits per heavy atom. The number of thiazole rings is 2. The summed E-state index contributed by atoms with van der Waals surface area (Å²) in [5, 5.41) is 6.06. The number of anilines is 1. The molecule has 1 aliphatic rings. The Bertz CT molecular complexity index is 835. The first-order chi connectivity index (χ1) is 11.3. The van der Waals surface area contributed by atoms with Crippen molar-refractivity contribution in [1.82, 2.24) is 15.3 Å². The van der Waals surface area contributed by atoms with E-state index in [0.717, 1.165) is 34.1 Å². The fourth-order valence-electron chi connectivity index (χ4n) is 2.76. The van der Waals surface area contributed by atoms with E-state index in [0.29, 0.717) is 12.1 Å². The number of hydrogen-bond acceptors (Lipinski definition) is 6. The zero-order valence-electron chi connectivity index (χ0n) is 12.5. The number of nitrogens with zero attached hydrogens (tertiary/aromatic N) is 3. The van der Waals surface area contributed by atoms with Gasteiger partial charge in [-0.3, -0.25) is 4.79 Å². The van der Waals surface area contributed by atoms with E-state index >= 15 is 0 Å². The van der Waals surface area contributed by atoms with Crippen LogP contribution in [0, 0.1) is 0 Å². The van der Waals surface area contributed by atoms with Crippen molar-refractivity contribution in [3.8, 4) is 0 Å². The average molecular weight is 344 g/mol. The van der Waals surface area contributed by atoms with Crippen LogP contribution in [0.2, 0.25) is 0 Å². The summed E-state index contributed by atoms with van der Waals surface area (Å²) >= 11 is 3.15. The lowest BCUT2D eigenvalue weighted by Gasteiger charge is -2.12. The number of aromatic nitrogens is 2. The van der Waals surface area contributed by atoms with Crippen LogP contribution in [0.5, 0.6) is 0 Å². The highest BCUT2D eigenvalue weighted by Gasteiger charge is 2.16. The van der Waals surface area contributed by atoms with E-state index in [9.17, 15) is 4.79 Å². The Balaban J connectivity index is 1.44. The van der Waals surface area contributed by atoms with E-state index < -0.39 is 0 Å². The molecule has 0 spiro atoms. The predicted molar refractivity (Wildman–Crippen MR) is 94.4 cm³/mol. The van der Waals surface area contributed by atoms with Crippen LogP contribution in [0.1, 0.15) is 28.9 Å². The molecule has 0 radical (unpaired) electrons. The number of carbonyl (C=O) groups excluding carboxylic acids is 1. The Labute approximate surface area is 142 Å². The van der Waals surface area contributed by atoms with Gasteiger partial charge in [-0.1, -0.05) is 6.07 Å². The molecular weight excluding hydrogens is 328 g/mol. The van der Waals surface area contributed by atoms with Gasteiger partial charge in [-0.05, 0) is 25.0 Å². The summed E-state index contributed by atoms with van der Waals surface area (Å²) in [6.45, 7) is 2.64. The smallest absolute Gasteiger partial charge is 0.253 e. The van der Waals surface area contributed by atoms with Crippen molar-refractivity contribution in [3.63, 3.8) is 0 Å². The largest absolute Gasteiger partial charge is 0.348 e. The first-order valence-electron chi connectivity index (χ1n) is 7.61. The van der Waals surface area contributed by atoms with Gasteiger partial charge in [0.15, 0.2) is 5.13 Å². The summed E-state index contributed by atoms with van der Waals surface area (Å²) in [6, 6.07) is 5.63. The number of nitrogens with one attached hydrogen (secondary N) is 1. The lowest BCUT2D eigenvalue weighted by Crippen LogP contribution is -2.23. The molecule has 0 bridgehead atoms. The summed E-state index contributed by atoms with van der Waals surface area (Å²) in [7, 11) is 0. The van der Waals surface area contributed by atoms with Gasteiger partial charge in [-0.25, -0.2) is 9.97 Å². The fourth-order valence-corrected chi connectivity index (χ4v) is 4.44. The van der Waals surface area contributed by atoms with Crippen molar-refractivity contribution in [3.05, 3.63) is 40.3 Å². The molecule has 3 aromatic rings. The van der Waals surface area contributed by atoms with E-state index in [1.165, 1.54) is 24.2 Å². The number of fused-ring (bicyclic) bond motifs is 1. The van der Waals surface area contributed by atoms with Crippen LogP contribution in [-0.2, 0) is 6.54 Å². The molecule has 1 aromatic carbocycles. The van der Waals surface area contributed by atoms with Crippen LogP contribution < -0.4 is 10.2 Å². The Morgan fingerprint density at radius 1 is 1.26 bits per heavy atom. The van der Waals surface area contributed by atoms with Crippen molar-refractivity contribution < 1.29 is 4.79 Å². The number of benzene rings is 1. The molecule has 1 saturated heterocycles. The van der Waals surface area contributed by atoms with E-state index in [4.69, 9.17) is 0 Å². The monoisotopic (exact) mass is 344 g/mol. The minimum atomic E-state index is -0.0735. The molecule has 5 nitrogen and oxygen atoms in total. The minimum absolute atomic E-state index is 0.0735. The number of rotatable bonds is 4. The van der Waals surface area contributed by atoms with Crippen LogP contribution >= 0.6 is 22.7 Å². The molecule has 4 rings (SSSR count). The van der Waals surface area contributed by atoms with Crippen molar-refractivity contribution in [2.75, 3.05) is 18.0 Å². The van der Waals surface area contributed by atoms with Gasteiger partial charge in [0.05, 0.1) is 33.5 Å². The van der Waals surface area contributed by atoms with E-state index in [1.807, 2.05) is 23.6 Å². The van der Waals surface area contributed by atoms with Crippen molar-refractivity contribution in [2.45, 2.75) is 19.4 Å². The molecule has 0 aliphatic carbocycles. The third-order valence-electron chi connectivity index (χ3n) is 3.95. The zero-order valence-corrected chi connectivity index (χ0v) is 14.1. The second-order valence-corrected chi connectivity index (χ2v) is 7.20. The number of amides is 1. The highest BCUT2D eigenvalue weighted by molar-refractivity contribution is 7.17. The first-order valence-corrected chi connectivity index (χ1v) is 9.37. The second kappa shape index (κ2) is 6.25. The molecule has 118 valence electrons. The highest BCUT2D eigenvalue weighted by atomic mass is 32.1. The van der Waals surface area contributed by atoms with Crippen LogP contribution in [0.25, 0.3) is 10.2 Å². The maximum atomic E-state index is 12.4. The second-order valence-electron chi connectivity index (χ2n) is 5.50. The average Bonchev–Trinajstić information content (AvgIpc) is 3.32. The normalized spacial score (nSPS) is 14.5. The van der Waals surface area contributed by atoms with Gasteiger partial charge < -0.3 is 10.2 Å². The van der Waals surface area contributed by atoms with Crippen molar-refractivity contribution in [2.24, 2.45) is 0 Å². The first kappa shape index (κ1) is 14.6. The SMILES string of the molecule is O=C(NCc1csc(N2CCCC2)n1)c1cccc2ncsc12. The Morgan fingerprint density at radius 2 is 2.13 bits per heavy atom. The molecule has 0 unspecified atom stereocenters. The van der Waals surface area contributed by atoms with Gasteiger partial charge in [0.25, 0.3) is 5.91 Å². The summed E-state index contributed by atoms with van der Waals surface area (Å²) < 4.78 is 0.932. The van der Waals surface area contributed by atoms with Gasteiger partial charge in [-0.2, -0.15) is 0 Å². The molecule has 7 heteroatoms. The van der Waals surface area contributed by atoms with E-state index in [-0.39, 0.29) is 5.91 Å². The summed E-state index contributed by atoms with van der Waals surface area (Å²) in [6.07, 6.45) is 2.48. The van der Waals surface area contributed by atoms with Crippen LogP contribution in [-0.4, -0.2) is 29.0 Å². The molecule has 3 heterocycles. The molecule has 0 atom stereocenters. The summed E-state index contributed by atoms with van der Waals surface area (Å²) in [5.41, 5.74) is 4.24. The lowest BCUT2D eigenvalue weighted by atomic mass is 10.2. The summed E-state index contributed by atoms with van der Waals surface area (Å²) in [4.78, 5) is 23.6. The molecule has 1 N–H and O–H groups in total. The quantitative estimate of drug-likeness (QED) is 0.789. The fraction of sp³-hybridized carbons (Fsp3) is 0.312. The topological polar surface area (TPSA) is 58.1 Å². The molecular formula is C16H16N4OS2. The molecule has 23 heavy (non-hydrogen) atoms. The maximum absolute atomic E-state index is 12.4. The van der Waals surface area contributed by atoms with Crippen LogP contribution in [0.15, 0.2) is 29.1 Å². The van der Waals surface area contributed by atoms with Gasteiger partial charge in [0.1, 0.15) is 0 Å². The standard InChI is InChI=1S/C16H16N4OS2/c21-15(12-4-3-5-13-14(12)23-10-18-13)17-8-11-9-22-16(19-11)20-6-1-2-7-20/h3-5,9-10H,1-2,6-8H2,(H,17,21). The Hall–Kier alpha value is -1.99. The van der Waals surface area contributed by atoms with Crippen LogP contribution in [0.4, 0.5) is 5.13 Å². The predicted octanol–water partition coefficient (Wildman–Crippen LogP) is 3.28. The minimum Gasteiger partial charge on any atom is -0.348 e. The number of hydrogen-bond donors (Lipinski definition) is 1. The molecule has 1 amide bonds. The van der Waals surface area contributed by atoms with Gasteiger partial charge in [0.2, 0.25) is 0 Å². The van der Waals surface area contributed by atoms with E-state index in [1.54, 1.807) is 16.8 Å². The van der Waals surface area contributed by atoms with Crippen molar-refractivity contribution >= 4 is 43.9 Å². The molecule has 0 saturated carbocycles. The van der Waals surface area contributed by atoms with Crippen molar-refractivity contribution in [1.29, 1.82) is 0 Å². The van der Waals surface area contributed by atoms with Crippen LogP contribution in [0.3, 0.4) is 0 Å². The van der Waals surface area contributed by atoms with Gasteiger partial charge in [-0.15, -0.1) is 22.7 Å². The van der Waals surface area contributed by atoms with Gasteiger partial charge >= 0.3 is 0 Å². The van der Waals surface area contributed by atoms with Gasteiger partial charge in [0, 0.05) is 18.5 Å². The Kier molecular flexibility index (Phi) is 3.97. The molecule has 2 aromatic heterocycles. The third-order valence-corrected chi connectivity index (χ3v) is 5.77. The summed E-state index contributed by atoms with van der Waals surface area (Å²) in [5.74, 6) is -0.0735. The molecule has 1 aliphatic heterocycles. The highest BCUT2D eigenvalue weighted by Crippen LogP contribution is 2.25. The molecule has 1 fully saturated rings. The third kappa shape index (κ3) is 2.94. The maximum Gasteiger partial charge on any atom is 0.253 e. The zero-order chi connectivity index (χ0) is 15.6.